The highest BCUT2D eigenvalue weighted by Gasteiger charge is 2.57. The van der Waals surface area contributed by atoms with Gasteiger partial charge in [0.1, 0.15) is 0 Å². The second kappa shape index (κ2) is 9.93. The van der Waals surface area contributed by atoms with Crippen LogP contribution in [0.3, 0.4) is 0 Å². The molecule has 4 rings (SSSR count). The summed E-state index contributed by atoms with van der Waals surface area (Å²) in [6.07, 6.45) is 5.98. The molecule has 0 saturated carbocycles. The van der Waals surface area contributed by atoms with E-state index in [1.807, 2.05) is 0 Å². The largest absolute Gasteiger partial charge is 0.387 e. The molecule has 4 atom stereocenters. The maximum absolute atomic E-state index is 11.8. The van der Waals surface area contributed by atoms with Crippen LogP contribution in [-0.2, 0) is 0 Å². The van der Waals surface area contributed by atoms with Gasteiger partial charge in [0.15, 0.2) is 0 Å². The fraction of sp³-hybridized carbons (Fsp3) is 0.200. The molecule has 8 nitrogen and oxygen atoms in total. The number of aliphatic hydroxyl groups excluding tert-OH is 4. The van der Waals surface area contributed by atoms with Gasteiger partial charge in [-0.25, -0.2) is 0 Å². The normalized spacial score (nSPS) is 16.8. The lowest BCUT2D eigenvalue weighted by molar-refractivity contribution is -0.205. The molecule has 4 aromatic heterocycles. The van der Waals surface area contributed by atoms with Crippen molar-refractivity contribution in [1.29, 1.82) is 0 Å². The zero-order chi connectivity index (χ0) is 23.3. The zero-order valence-electron chi connectivity index (χ0n) is 17.6. The number of hydrogen-bond donors (Lipinski definition) is 4. The monoisotopic (exact) mass is 444 g/mol. The van der Waals surface area contributed by atoms with Crippen molar-refractivity contribution in [3.05, 3.63) is 120 Å². The summed E-state index contributed by atoms with van der Waals surface area (Å²) in [4.78, 5) is 16.0. The predicted octanol–water partition coefficient (Wildman–Crippen LogP) is 2.49. The van der Waals surface area contributed by atoms with Crippen molar-refractivity contribution in [2.75, 3.05) is 0 Å². The zero-order valence-corrected chi connectivity index (χ0v) is 17.6. The van der Waals surface area contributed by atoms with Gasteiger partial charge >= 0.3 is 0 Å². The van der Waals surface area contributed by atoms with Gasteiger partial charge in [0.2, 0.25) is 0 Å². The molecule has 0 aromatic carbocycles. The third-order valence-corrected chi connectivity index (χ3v) is 5.98. The molecule has 0 spiro atoms. The molecule has 4 N–H and O–H groups in total. The Morgan fingerprint density at radius 3 is 0.758 bits per heavy atom. The van der Waals surface area contributed by atoms with Gasteiger partial charge in [-0.1, -0.05) is 0 Å². The van der Waals surface area contributed by atoms with Crippen LogP contribution in [0.2, 0.25) is 0 Å². The SMILES string of the molecule is OC(c1ccncc1)C(C(O)c1ccncc1)(C(O)c1ccncc1)C(O)c1ccncc1. The van der Waals surface area contributed by atoms with Gasteiger partial charge in [-0.3, -0.25) is 19.9 Å². The number of rotatable bonds is 8. The topological polar surface area (TPSA) is 132 Å². The molecule has 0 amide bonds. The summed E-state index contributed by atoms with van der Waals surface area (Å²) in [5.41, 5.74) is -0.442. The molecular weight excluding hydrogens is 420 g/mol. The van der Waals surface area contributed by atoms with Gasteiger partial charge in [-0.15, -0.1) is 0 Å². The molecular formula is C25H24N4O4. The minimum absolute atomic E-state index is 0.374. The Bertz CT molecular complexity index is 947. The molecule has 0 aliphatic carbocycles. The van der Waals surface area contributed by atoms with E-state index in [-0.39, 0.29) is 0 Å². The number of aromatic nitrogens is 4. The van der Waals surface area contributed by atoms with Crippen LogP contribution in [0.15, 0.2) is 98.1 Å². The average Bonchev–Trinajstić information content (AvgIpc) is 2.90. The van der Waals surface area contributed by atoms with Gasteiger partial charge < -0.3 is 20.4 Å². The van der Waals surface area contributed by atoms with Gasteiger partial charge in [0.25, 0.3) is 0 Å². The highest BCUT2D eigenvalue weighted by atomic mass is 16.3. The Morgan fingerprint density at radius 1 is 0.394 bits per heavy atom. The number of pyridine rings is 4. The molecule has 4 heterocycles. The standard InChI is InChI=1S/C25H24N4O4/c30-21(17-1-9-26-10-2-17)25(22(31)18-3-11-27-12-4-18,23(32)19-5-13-28-14-6-19)24(33)20-7-15-29-16-8-20/h1-16,21-24,30-33H. The van der Waals surface area contributed by atoms with E-state index < -0.39 is 29.8 Å². The van der Waals surface area contributed by atoms with Crippen LogP contribution in [0.1, 0.15) is 46.7 Å². The first-order valence-corrected chi connectivity index (χ1v) is 10.4. The van der Waals surface area contributed by atoms with Gasteiger partial charge in [0.05, 0.1) is 29.8 Å². The van der Waals surface area contributed by atoms with Crippen molar-refractivity contribution in [2.45, 2.75) is 24.4 Å². The lowest BCUT2D eigenvalue weighted by Gasteiger charge is -2.48. The van der Waals surface area contributed by atoms with E-state index in [0.29, 0.717) is 22.3 Å². The van der Waals surface area contributed by atoms with Crippen LogP contribution < -0.4 is 0 Å². The summed E-state index contributed by atoms with van der Waals surface area (Å²) in [7, 11) is 0. The van der Waals surface area contributed by atoms with E-state index in [9.17, 15) is 20.4 Å². The van der Waals surface area contributed by atoms with E-state index >= 15 is 0 Å². The molecule has 0 saturated heterocycles. The van der Waals surface area contributed by atoms with E-state index in [2.05, 4.69) is 19.9 Å². The second-order valence-electron chi connectivity index (χ2n) is 7.73. The quantitative estimate of drug-likeness (QED) is 0.326. The maximum Gasteiger partial charge on any atom is 0.0932 e. The summed E-state index contributed by atoms with van der Waals surface area (Å²) in [6.45, 7) is 0. The Balaban J connectivity index is 1.99. The number of aliphatic hydroxyl groups is 4. The number of hydrogen-bond acceptors (Lipinski definition) is 8. The maximum atomic E-state index is 11.8. The van der Waals surface area contributed by atoms with Crippen molar-refractivity contribution in [1.82, 2.24) is 19.9 Å². The van der Waals surface area contributed by atoms with Crippen molar-refractivity contribution < 1.29 is 20.4 Å². The Morgan fingerprint density at radius 2 is 0.576 bits per heavy atom. The molecule has 0 aliphatic heterocycles. The smallest absolute Gasteiger partial charge is 0.0932 e. The molecule has 0 radical (unpaired) electrons. The molecule has 0 aliphatic rings. The molecule has 0 bridgehead atoms. The van der Waals surface area contributed by atoms with Gasteiger partial charge in [0, 0.05) is 49.6 Å². The predicted molar refractivity (Wildman–Crippen MR) is 119 cm³/mol. The second-order valence-corrected chi connectivity index (χ2v) is 7.73. The summed E-state index contributed by atoms with van der Waals surface area (Å²) >= 11 is 0. The summed E-state index contributed by atoms with van der Waals surface area (Å²) in [5.74, 6) is 0. The fourth-order valence-corrected chi connectivity index (χ4v) is 4.23. The summed E-state index contributed by atoms with van der Waals surface area (Å²) < 4.78 is 0. The van der Waals surface area contributed by atoms with Gasteiger partial charge in [-0.05, 0) is 70.8 Å². The van der Waals surface area contributed by atoms with Gasteiger partial charge in [-0.2, -0.15) is 0 Å². The van der Waals surface area contributed by atoms with Crippen molar-refractivity contribution in [2.24, 2.45) is 5.41 Å². The lowest BCUT2D eigenvalue weighted by Crippen LogP contribution is -2.46. The molecule has 168 valence electrons. The van der Waals surface area contributed by atoms with E-state index in [0.717, 1.165) is 0 Å². The lowest BCUT2D eigenvalue weighted by atomic mass is 9.62. The highest BCUT2D eigenvalue weighted by Crippen LogP contribution is 2.59. The van der Waals surface area contributed by atoms with Crippen molar-refractivity contribution in [3.63, 3.8) is 0 Å². The minimum atomic E-state index is -1.94. The van der Waals surface area contributed by atoms with Crippen LogP contribution >= 0.6 is 0 Å². The first-order chi connectivity index (χ1) is 16.1. The van der Waals surface area contributed by atoms with Crippen LogP contribution in [0, 0.1) is 5.41 Å². The van der Waals surface area contributed by atoms with Crippen LogP contribution in [0.25, 0.3) is 0 Å². The Labute approximate surface area is 190 Å². The third-order valence-electron chi connectivity index (χ3n) is 5.98. The minimum Gasteiger partial charge on any atom is -0.387 e. The molecule has 4 unspecified atom stereocenters. The third kappa shape index (κ3) is 4.24. The molecule has 33 heavy (non-hydrogen) atoms. The Kier molecular flexibility index (Phi) is 6.81. The Hall–Kier alpha value is -3.56. The van der Waals surface area contributed by atoms with Crippen LogP contribution in [0.4, 0.5) is 0 Å². The average molecular weight is 444 g/mol. The summed E-state index contributed by atoms with van der Waals surface area (Å²) in [6, 6.07) is 12.6. The molecule has 4 aromatic rings. The first-order valence-electron chi connectivity index (χ1n) is 10.4. The molecule has 8 heteroatoms. The number of nitrogens with zero attached hydrogens (tertiary/aromatic N) is 4. The van der Waals surface area contributed by atoms with E-state index in [1.54, 1.807) is 48.5 Å². The summed E-state index contributed by atoms with van der Waals surface area (Å²) in [5, 5.41) is 47.1. The van der Waals surface area contributed by atoms with E-state index in [1.165, 1.54) is 49.6 Å². The van der Waals surface area contributed by atoms with Crippen molar-refractivity contribution >= 4 is 0 Å². The van der Waals surface area contributed by atoms with Crippen LogP contribution in [-0.4, -0.2) is 40.4 Å². The first kappa shape index (κ1) is 22.6. The highest BCUT2D eigenvalue weighted by molar-refractivity contribution is 5.32. The molecule has 0 fully saturated rings. The van der Waals surface area contributed by atoms with Crippen molar-refractivity contribution in [3.8, 4) is 0 Å². The van der Waals surface area contributed by atoms with E-state index in [4.69, 9.17) is 0 Å². The van der Waals surface area contributed by atoms with Crippen LogP contribution in [0.5, 0.6) is 0 Å². The fourth-order valence-electron chi connectivity index (χ4n) is 4.23.